The third kappa shape index (κ3) is 4.81. The first-order valence-electron chi connectivity index (χ1n) is 7.83. The average Bonchev–Trinajstić information content (AvgIpc) is 2.62. The van der Waals surface area contributed by atoms with E-state index in [0.29, 0.717) is 17.8 Å². The van der Waals surface area contributed by atoms with E-state index in [2.05, 4.69) is 22.5 Å². The van der Waals surface area contributed by atoms with E-state index in [0.717, 1.165) is 24.2 Å². The Kier molecular flexibility index (Phi) is 6.31. The number of benzene rings is 1. The second-order valence-corrected chi connectivity index (χ2v) is 5.24. The fraction of sp³-hybridized carbons (Fsp3) is 0.278. The topological polar surface area (TPSA) is 80.3 Å². The van der Waals surface area contributed by atoms with Gasteiger partial charge in [0.25, 0.3) is 5.91 Å². The molecule has 0 spiro atoms. The molecule has 0 aliphatic carbocycles. The number of hydrogen-bond donors (Lipinski definition) is 2. The molecule has 126 valence electrons. The standard InChI is InChI=1S/C18H21N3O3/c1-3-4-10-19-17(22)16-9-8-15(12-20-16)21-14-7-5-6-13(11-14)18(23)24-2/h5-9,11-12,21H,3-4,10H2,1-2H3,(H,19,22). The highest BCUT2D eigenvalue weighted by Gasteiger charge is 2.08. The molecule has 0 saturated heterocycles. The number of anilines is 2. The number of carbonyl (C=O) groups is 2. The van der Waals surface area contributed by atoms with Crippen molar-refractivity contribution in [1.29, 1.82) is 0 Å². The Morgan fingerprint density at radius 3 is 2.67 bits per heavy atom. The molecule has 1 amide bonds. The highest BCUT2D eigenvalue weighted by atomic mass is 16.5. The van der Waals surface area contributed by atoms with Gasteiger partial charge in [-0.15, -0.1) is 0 Å². The van der Waals surface area contributed by atoms with Crippen molar-refractivity contribution in [2.45, 2.75) is 19.8 Å². The summed E-state index contributed by atoms with van der Waals surface area (Å²) in [5.41, 5.74) is 2.30. The van der Waals surface area contributed by atoms with Gasteiger partial charge in [-0.2, -0.15) is 0 Å². The molecule has 0 aliphatic rings. The zero-order valence-electron chi connectivity index (χ0n) is 13.8. The van der Waals surface area contributed by atoms with Gasteiger partial charge < -0.3 is 15.4 Å². The van der Waals surface area contributed by atoms with Crippen LogP contribution in [0.1, 0.15) is 40.6 Å². The van der Waals surface area contributed by atoms with Gasteiger partial charge in [0.05, 0.1) is 24.6 Å². The van der Waals surface area contributed by atoms with Crippen LogP contribution in [-0.2, 0) is 4.74 Å². The minimum atomic E-state index is -0.393. The number of carbonyl (C=O) groups excluding carboxylic acids is 2. The predicted molar refractivity (Wildman–Crippen MR) is 92.5 cm³/mol. The highest BCUT2D eigenvalue weighted by molar-refractivity contribution is 5.92. The van der Waals surface area contributed by atoms with E-state index in [1.807, 2.05) is 6.07 Å². The zero-order chi connectivity index (χ0) is 17.4. The van der Waals surface area contributed by atoms with Gasteiger partial charge in [-0.3, -0.25) is 4.79 Å². The average molecular weight is 327 g/mol. The molecular weight excluding hydrogens is 306 g/mol. The van der Waals surface area contributed by atoms with E-state index in [-0.39, 0.29) is 5.91 Å². The van der Waals surface area contributed by atoms with Crippen LogP contribution in [0, 0.1) is 0 Å². The first-order chi connectivity index (χ1) is 11.6. The van der Waals surface area contributed by atoms with Crippen LogP contribution in [0.15, 0.2) is 42.6 Å². The van der Waals surface area contributed by atoms with Gasteiger partial charge >= 0.3 is 5.97 Å². The number of amides is 1. The second kappa shape index (κ2) is 8.67. The molecule has 0 saturated carbocycles. The Hall–Kier alpha value is -2.89. The summed E-state index contributed by atoms with van der Waals surface area (Å²) in [6, 6.07) is 10.4. The number of aromatic nitrogens is 1. The van der Waals surface area contributed by atoms with Crippen molar-refractivity contribution in [2.75, 3.05) is 19.0 Å². The van der Waals surface area contributed by atoms with Crippen molar-refractivity contribution in [3.63, 3.8) is 0 Å². The maximum atomic E-state index is 11.9. The molecule has 6 heteroatoms. The molecular formula is C18H21N3O3. The minimum Gasteiger partial charge on any atom is -0.465 e. The lowest BCUT2D eigenvalue weighted by atomic mass is 10.2. The van der Waals surface area contributed by atoms with Gasteiger partial charge in [-0.25, -0.2) is 9.78 Å². The highest BCUT2D eigenvalue weighted by Crippen LogP contribution is 2.17. The van der Waals surface area contributed by atoms with Crippen LogP contribution in [-0.4, -0.2) is 30.5 Å². The molecule has 0 aliphatic heterocycles. The molecule has 6 nitrogen and oxygen atoms in total. The van der Waals surface area contributed by atoms with Gasteiger partial charge in [0.15, 0.2) is 0 Å². The molecule has 0 radical (unpaired) electrons. The van der Waals surface area contributed by atoms with Crippen molar-refractivity contribution < 1.29 is 14.3 Å². The lowest BCUT2D eigenvalue weighted by molar-refractivity contribution is 0.0600. The smallest absolute Gasteiger partial charge is 0.337 e. The molecule has 0 unspecified atom stereocenters. The summed E-state index contributed by atoms with van der Waals surface area (Å²) >= 11 is 0. The quantitative estimate of drug-likeness (QED) is 0.603. The van der Waals surface area contributed by atoms with Crippen LogP contribution in [0.25, 0.3) is 0 Å². The van der Waals surface area contributed by atoms with Crippen LogP contribution < -0.4 is 10.6 Å². The van der Waals surface area contributed by atoms with Crippen LogP contribution >= 0.6 is 0 Å². The summed E-state index contributed by atoms with van der Waals surface area (Å²) in [6.45, 7) is 2.72. The largest absolute Gasteiger partial charge is 0.465 e. The van der Waals surface area contributed by atoms with E-state index in [1.165, 1.54) is 7.11 Å². The van der Waals surface area contributed by atoms with E-state index in [1.54, 1.807) is 36.5 Å². The summed E-state index contributed by atoms with van der Waals surface area (Å²) < 4.78 is 4.70. The third-order valence-electron chi connectivity index (χ3n) is 3.38. The summed E-state index contributed by atoms with van der Waals surface area (Å²) in [5.74, 6) is -0.571. The second-order valence-electron chi connectivity index (χ2n) is 5.24. The molecule has 1 aromatic heterocycles. The van der Waals surface area contributed by atoms with Crippen LogP contribution in [0.4, 0.5) is 11.4 Å². The molecule has 0 bridgehead atoms. The van der Waals surface area contributed by atoms with Gasteiger partial charge in [-0.05, 0) is 36.8 Å². The molecule has 1 aromatic carbocycles. The van der Waals surface area contributed by atoms with Gasteiger partial charge in [0.2, 0.25) is 0 Å². The number of nitrogens with zero attached hydrogens (tertiary/aromatic N) is 1. The number of methoxy groups -OCH3 is 1. The van der Waals surface area contributed by atoms with E-state index < -0.39 is 5.97 Å². The SMILES string of the molecule is CCCCNC(=O)c1ccc(Nc2cccc(C(=O)OC)c2)cn1. The fourth-order valence-corrected chi connectivity index (χ4v) is 2.08. The van der Waals surface area contributed by atoms with Crippen molar-refractivity contribution in [3.05, 3.63) is 53.9 Å². The number of pyridine rings is 1. The first kappa shape index (κ1) is 17.5. The molecule has 2 N–H and O–H groups in total. The summed E-state index contributed by atoms with van der Waals surface area (Å²) in [6.07, 6.45) is 3.56. The first-order valence-corrected chi connectivity index (χ1v) is 7.83. The summed E-state index contributed by atoms with van der Waals surface area (Å²) in [4.78, 5) is 27.6. The van der Waals surface area contributed by atoms with Crippen LogP contribution in [0.2, 0.25) is 0 Å². The number of unbranched alkanes of at least 4 members (excludes halogenated alkanes) is 1. The minimum absolute atomic E-state index is 0.178. The number of hydrogen-bond acceptors (Lipinski definition) is 5. The molecule has 0 fully saturated rings. The van der Waals surface area contributed by atoms with Gasteiger partial charge in [0, 0.05) is 12.2 Å². The normalized spacial score (nSPS) is 10.1. The molecule has 24 heavy (non-hydrogen) atoms. The molecule has 1 heterocycles. The van der Waals surface area contributed by atoms with E-state index in [4.69, 9.17) is 4.74 Å². The van der Waals surface area contributed by atoms with Crippen molar-refractivity contribution in [1.82, 2.24) is 10.3 Å². The van der Waals surface area contributed by atoms with Crippen LogP contribution in [0.3, 0.4) is 0 Å². The maximum Gasteiger partial charge on any atom is 0.337 e. The number of rotatable bonds is 7. The number of nitrogens with one attached hydrogen (secondary N) is 2. The Bertz CT molecular complexity index is 699. The van der Waals surface area contributed by atoms with Crippen LogP contribution in [0.5, 0.6) is 0 Å². The van der Waals surface area contributed by atoms with Gasteiger partial charge in [-0.1, -0.05) is 19.4 Å². The molecule has 2 rings (SSSR count). The number of esters is 1. The molecule has 0 atom stereocenters. The fourth-order valence-electron chi connectivity index (χ4n) is 2.08. The Morgan fingerprint density at radius 2 is 2.00 bits per heavy atom. The summed E-state index contributed by atoms with van der Waals surface area (Å²) in [7, 11) is 1.34. The Labute approximate surface area is 141 Å². The van der Waals surface area contributed by atoms with Crippen molar-refractivity contribution >= 4 is 23.3 Å². The van der Waals surface area contributed by atoms with Crippen molar-refractivity contribution in [2.24, 2.45) is 0 Å². The Morgan fingerprint density at radius 1 is 1.17 bits per heavy atom. The maximum absolute atomic E-state index is 11.9. The van der Waals surface area contributed by atoms with Crippen molar-refractivity contribution in [3.8, 4) is 0 Å². The Balaban J connectivity index is 2.01. The zero-order valence-corrected chi connectivity index (χ0v) is 13.8. The lowest BCUT2D eigenvalue weighted by Gasteiger charge is -2.08. The lowest BCUT2D eigenvalue weighted by Crippen LogP contribution is -2.25. The number of ether oxygens (including phenoxy) is 1. The van der Waals surface area contributed by atoms with Gasteiger partial charge in [0.1, 0.15) is 5.69 Å². The predicted octanol–water partition coefficient (Wildman–Crippen LogP) is 3.14. The van der Waals surface area contributed by atoms with E-state index in [9.17, 15) is 9.59 Å². The third-order valence-corrected chi connectivity index (χ3v) is 3.38. The molecule has 2 aromatic rings. The monoisotopic (exact) mass is 327 g/mol. The van der Waals surface area contributed by atoms with E-state index >= 15 is 0 Å². The summed E-state index contributed by atoms with van der Waals surface area (Å²) in [5, 5.41) is 5.96.